The summed E-state index contributed by atoms with van der Waals surface area (Å²) in [5.41, 5.74) is -1.62. The van der Waals surface area contributed by atoms with E-state index in [4.69, 9.17) is 9.47 Å². The summed E-state index contributed by atoms with van der Waals surface area (Å²) in [5, 5.41) is 2.81. The summed E-state index contributed by atoms with van der Waals surface area (Å²) in [6.45, 7) is 15.8. The number of ether oxygens (including phenoxy) is 2. The third kappa shape index (κ3) is 8.16. The average molecular weight is 456 g/mol. The number of hydrogen-bond acceptors (Lipinski definition) is 6. The molecular formula is C23H34FNO5S. The van der Waals surface area contributed by atoms with Crippen molar-refractivity contribution in [2.24, 2.45) is 16.2 Å². The van der Waals surface area contributed by atoms with E-state index in [1.807, 2.05) is 0 Å². The number of carbonyl (C=O) groups excluding carboxylic acids is 3. The normalized spacial score (nSPS) is 12.3. The summed E-state index contributed by atoms with van der Waals surface area (Å²) in [6.07, 6.45) is 0.307. The van der Waals surface area contributed by atoms with Crippen LogP contribution in [0.2, 0.25) is 0 Å². The molecule has 0 aromatic heterocycles. The Morgan fingerprint density at radius 1 is 0.839 bits per heavy atom. The van der Waals surface area contributed by atoms with Crippen LogP contribution in [-0.2, 0) is 20.8 Å². The summed E-state index contributed by atoms with van der Waals surface area (Å²) in [7, 11) is 0. The van der Waals surface area contributed by atoms with Crippen molar-refractivity contribution in [2.45, 2.75) is 73.6 Å². The van der Waals surface area contributed by atoms with Crippen molar-refractivity contribution >= 4 is 30.0 Å². The van der Waals surface area contributed by atoms with Gasteiger partial charge in [0, 0.05) is 22.9 Å². The molecule has 31 heavy (non-hydrogen) atoms. The number of esters is 2. The highest BCUT2D eigenvalue weighted by atomic mass is 32.2. The average Bonchev–Trinajstić information content (AvgIpc) is 2.60. The van der Waals surface area contributed by atoms with Crippen molar-refractivity contribution in [1.82, 2.24) is 5.32 Å². The van der Waals surface area contributed by atoms with Gasteiger partial charge in [0.25, 0.3) is 0 Å². The molecule has 0 saturated carbocycles. The SMILES string of the molecule is CC(C)(C)C(=O)NCCc1cc(OC(=O)C(C)(C)C)c(OC(=O)C(C)(C)C)cc1SF. The molecule has 0 heterocycles. The maximum Gasteiger partial charge on any atom is 0.316 e. The summed E-state index contributed by atoms with van der Waals surface area (Å²) < 4.78 is 24.6. The zero-order valence-corrected chi connectivity index (χ0v) is 20.7. The molecule has 1 aromatic carbocycles. The fourth-order valence-corrected chi connectivity index (χ4v) is 2.50. The van der Waals surface area contributed by atoms with Crippen LogP contribution >= 0.6 is 12.1 Å². The molecule has 0 aliphatic heterocycles. The highest BCUT2D eigenvalue weighted by Gasteiger charge is 2.29. The predicted octanol–water partition coefficient (Wildman–Crippen LogP) is 5.27. The molecule has 0 bridgehead atoms. The Labute approximate surface area is 188 Å². The van der Waals surface area contributed by atoms with Crippen molar-refractivity contribution in [2.75, 3.05) is 6.54 Å². The summed E-state index contributed by atoms with van der Waals surface area (Å²) in [5.74, 6) is -1.18. The van der Waals surface area contributed by atoms with E-state index in [-0.39, 0.29) is 41.0 Å². The van der Waals surface area contributed by atoms with E-state index in [1.54, 1.807) is 62.3 Å². The van der Waals surface area contributed by atoms with Gasteiger partial charge < -0.3 is 14.8 Å². The van der Waals surface area contributed by atoms with Crippen LogP contribution in [0.15, 0.2) is 17.0 Å². The van der Waals surface area contributed by atoms with Gasteiger partial charge >= 0.3 is 11.9 Å². The van der Waals surface area contributed by atoms with Crippen molar-refractivity contribution in [3.05, 3.63) is 17.7 Å². The molecule has 8 heteroatoms. The minimum atomic E-state index is -0.801. The maximum absolute atomic E-state index is 13.7. The molecule has 0 fully saturated rings. The van der Waals surface area contributed by atoms with Gasteiger partial charge in [0.1, 0.15) is 0 Å². The molecule has 0 aliphatic rings. The minimum Gasteiger partial charge on any atom is -0.422 e. The van der Waals surface area contributed by atoms with E-state index in [0.29, 0.717) is 12.0 Å². The smallest absolute Gasteiger partial charge is 0.316 e. The molecule has 0 unspecified atom stereocenters. The van der Waals surface area contributed by atoms with Crippen LogP contribution in [0.3, 0.4) is 0 Å². The topological polar surface area (TPSA) is 81.7 Å². The van der Waals surface area contributed by atoms with Gasteiger partial charge in [0.05, 0.1) is 23.0 Å². The van der Waals surface area contributed by atoms with Gasteiger partial charge in [-0.2, -0.15) is 3.89 Å². The molecule has 0 aliphatic carbocycles. The van der Waals surface area contributed by atoms with Gasteiger partial charge in [0.15, 0.2) is 11.5 Å². The Kier molecular flexibility index (Phi) is 8.71. The number of benzene rings is 1. The number of hydrogen-bond donors (Lipinski definition) is 1. The van der Waals surface area contributed by atoms with Gasteiger partial charge in [-0.05, 0) is 59.6 Å². The largest absolute Gasteiger partial charge is 0.422 e. The lowest BCUT2D eigenvalue weighted by molar-refractivity contribution is -0.145. The van der Waals surface area contributed by atoms with Crippen molar-refractivity contribution in [3.8, 4) is 11.5 Å². The molecule has 1 amide bonds. The Hall–Kier alpha value is -2.09. The van der Waals surface area contributed by atoms with Crippen molar-refractivity contribution in [3.63, 3.8) is 0 Å². The molecule has 0 atom stereocenters. The first-order valence-electron chi connectivity index (χ1n) is 10.1. The van der Waals surface area contributed by atoms with E-state index in [2.05, 4.69) is 5.32 Å². The highest BCUT2D eigenvalue weighted by Crippen LogP contribution is 2.38. The predicted molar refractivity (Wildman–Crippen MR) is 120 cm³/mol. The van der Waals surface area contributed by atoms with Gasteiger partial charge in [-0.3, -0.25) is 14.4 Å². The van der Waals surface area contributed by atoms with Gasteiger partial charge in [-0.15, -0.1) is 0 Å². The van der Waals surface area contributed by atoms with E-state index in [9.17, 15) is 18.3 Å². The first kappa shape index (κ1) is 26.9. The Bertz CT molecular complexity index is 832. The van der Waals surface area contributed by atoms with Crippen molar-refractivity contribution < 1.29 is 27.7 Å². The molecule has 1 aromatic rings. The van der Waals surface area contributed by atoms with Crippen LogP contribution in [0, 0.1) is 16.2 Å². The quantitative estimate of drug-likeness (QED) is 0.465. The van der Waals surface area contributed by atoms with Crippen LogP contribution in [0.1, 0.15) is 67.9 Å². The standard InChI is InChI=1S/C23H34FNO5S/c1-21(2,3)18(26)25-11-10-14-12-15(29-19(27)22(4,5)6)16(13-17(14)31-24)30-20(28)23(7,8)9/h12-13H,10-11H2,1-9H3,(H,25,26). The monoisotopic (exact) mass is 455 g/mol. The second-order valence-electron chi connectivity index (χ2n) is 10.5. The Balaban J connectivity index is 3.27. The molecule has 6 nitrogen and oxygen atoms in total. The second kappa shape index (κ2) is 10.0. The highest BCUT2D eigenvalue weighted by molar-refractivity contribution is 7.94. The summed E-state index contributed by atoms with van der Waals surface area (Å²) in [6, 6.07) is 2.83. The van der Waals surface area contributed by atoms with Crippen molar-refractivity contribution in [1.29, 1.82) is 0 Å². The van der Waals surface area contributed by atoms with E-state index < -0.39 is 28.2 Å². The number of carbonyl (C=O) groups is 3. The van der Waals surface area contributed by atoms with Crippen LogP contribution in [0.5, 0.6) is 11.5 Å². The number of rotatable bonds is 6. The van der Waals surface area contributed by atoms with Crippen LogP contribution in [0.25, 0.3) is 0 Å². The third-order valence-corrected chi connectivity index (χ3v) is 4.75. The molecule has 1 N–H and O–H groups in total. The van der Waals surface area contributed by atoms with Gasteiger partial charge in [0.2, 0.25) is 5.91 Å². The van der Waals surface area contributed by atoms with Crippen LogP contribution < -0.4 is 14.8 Å². The van der Waals surface area contributed by atoms with Crippen LogP contribution in [-0.4, -0.2) is 24.4 Å². The lowest BCUT2D eigenvalue weighted by atomic mass is 9.95. The lowest BCUT2D eigenvalue weighted by Gasteiger charge is -2.22. The first-order valence-corrected chi connectivity index (χ1v) is 10.9. The van der Waals surface area contributed by atoms with Gasteiger partial charge in [-0.1, -0.05) is 20.8 Å². The molecule has 1 rings (SSSR count). The van der Waals surface area contributed by atoms with E-state index >= 15 is 0 Å². The fraction of sp³-hybridized carbons (Fsp3) is 0.609. The van der Waals surface area contributed by atoms with Crippen LogP contribution in [0.4, 0.5) is 3.89 Å². The van der Waals surface area contributed by atoms with E-state index in [1.165, 1.54) is 12.1 Å². The number of halogens is 1. The third-order valence-electron chi connectivity index (χ3n) is 4.20. The molecule has 174 valence electrons. The zero-order chi connectivity index (χ0) is 24.2. The number of nitrogens with one attached hydrogen (secondary N) is 1. The zero-order valence-electron chi connectivity index (χ0n) is 19.9. The Morgan fingerprint density at radius 3 is 1.68 bits per heavy atom. The fourth-order valence-electron chi connectivity index (χ4n) is 2.09. The second-order valence-corrected chi connectivity index (χ2v) is 11.1. The molecule has 0 saturated heterocycles. The minimum absolute atomic E-state index is 0.00281. The lowest BCUT2D eigenvalue weighted by Crippen LogP contribution is -2.36. The first-order chi connectivity index (χ1) is 14.0. The molecule has 0 radical (unpaired) electrons. The summed E-state index contributed by atoms with van der Waals surface area (Å²) >= 11 is -0.00281. The van der Waals surface area contributed by atoms with Gasteiger partial charge in [-0.25, -0.2) is 0 Å². The summed E-state index contributed by atoms with van der Waals surface area (Å²) in [4.78, 5) is 37.1. The number of amides is 1. The maximum atomic E-state index is 13.7. The molecule has 0 spiro atoms. The molecular weight excluding hydrogens is 421 g/mol. The van der Waals surface area contributed by atoms with E-state index in [0.717, 1.165) is 0 Å². The Morgan fingerprint density at radius 2 is 1.29 bits per heavy atom.